The van der Waals surface area contributed by atoms with Gasteiger partial charge in [0.25, 0.3) is 0 Å². The van der Waals surface area contributed by atoms with Gasteiger partial charge in [0.2, 0.25) is 0 Å². The number of hydrogen-bond acceptors (Lipinski definition) is 5. The van der Waals surface area contributed by atoms with E-state index in [1.807, 2.05) is 23.6 Å². The minimum absolute atomic E-state index is 0.0187. The summed E-state index contributed by atoms with van der Waals surface area (Å²) in [5.74, 6) is -0.532. The van der Waals surface area contributed by atoms with Crippen LogP contribution in [0.3, 0.4) is 0 Å². The molecule has 0 bridgehead atoms. The van der Waals surface area contributed by atoms with Crippen LogP contribution < -0.4 is 0 Å². The maximum absolute atomic E-state index is 12.6. The van der Waals surface area contributed by atoms with Crippen LogP contribution in [0.5, 0.6) is 0 Å². The van der Waals surface area contributed by atoms with Gasteiger partial charge in [-0.2, -0.15) is 0 Å². The van der Waals surface area contributed by atoms with Gasteiger partial charge in [-0.1, -0.05) is 56.8 Å². The summed E-state index contributed by atoms with van der Waals surface area (Å²) in [6.45, 7) is 6.53. The molecule has 1 aromatic heterocycles. The van der Waals surface area contributed by atoms with Crippen molar-refractivity contribution >= 4 is 40.0 Å². The highest BCUT2D eigenvalue weighted by molar-refractivity contribution is 8.19. The molecule has 5 heteroatoms. The molecular weight excluding hydrogens is 324 g/mol. The molecule has 2 aromatic rings. The average Bonchev–Trinajstić information content (AvgIpc) is 3.08. The van der Waals surface area contributed by atoms with Crippen LogP contribution in [-0.4, -0.2) is 15.8 Å². The monoisotopic (exact) mass is 342 g/mol. The fraction of sp³-hybridized carbons (Fsp3) is 0.278. The minimum atomic E-state index is -0.514. The first kappa shape index (κ1) is 16.1. The van der Waals surface area contributed by atoms with E-state index in [2.05, 4.69) is 37.9 Å². The molecule has 0 spiro atoms. The van der Waals surface area contributed by atoms with Crippen molar-refractivity contribution in [2.24, 2.45) is 0 Å². The van der Waals surface area contributed by atoms with Crippen LogP contribution in [0.1, 0.15) is 42.8 Å². The number of ketones is 1. The van der Waals surface area contributed by atoms with Gasteiger partial charge in [0.15, 0.2) is 5.78 Å². The molecular formula is C18H18N2OS2. The second-order valence-electron chi connectivity index (χ2n) is 6.51. The number of Topliss-reactive ketones (excluding diaryl/α,β-unsaturated/α-hetero) is 1. The number of aromatic nitrogens is 1. The lowest BCUT2D eigenvalue weighted by Crippen LogP contribution is -2.11. The summed E-state index contributed by atoms with van der Waals surface area (Å²) in [5, 5.41) is 11.0. The van der Waals surface area contributed by atoms with E-state index in [1.165, 1.54) is 28.7 Å². The Hall–Kier alpha value is -1.72. The van der Waals surface area contributed by atoms with Crippen molar-refractivity contribution in [3.8, 4) is 0 Å². The summed E-state index contributed by atoms with van der Waals surface area (Å²) < 4.78 is 0. The van der Waals surface area contributed by atoms with Crippen LogP contribution in [0.2, 0.25) is 0 Å². The molecule has 118 valence electrons. The predicted octanol–water partition coefficient (Wildman–Crippen LogP) is 4.86. The lowest BCUT2D eigenvalue weighted by atomic mass is 9.86. The van der Waals surface area contributed by atoms with Crippen LogP contribution in [0.4, 0.5) is 0 Å². The second kappa shape index (κ2) is 6.06. The number of thiazole rings is 1. The van der Waals surface area contributed by atoms with E-state index in [4.69, 9.17) is 5.41 Å². The van der Waals surface area contributed by atoms with Crippen molar-refractivity contribution in [3.63, 3.8) is 0 Å². The predicted molar refractivity (Wildman–Crippen MR) is 98.3 cm³/mol. The van der Waals surface area contributed by atoms with Gasteiger partial charge < -0.3 is 0 Å². The van der Waals surface area contributed by atoms with Crippen molar-refractivity contribution < 1.29 is 4.79 Å². The molecule has 23 heavy (non-hydrogen) atoms. The van der Waals surface area contributed by atoms with Crippen LogP contribution in [-0.2, 0) is 10.2 Å². The van der Waals surface area contributed by atoms with Crippen molar-refractivity contribution in [2.45, 2.75) is 32.1 Å². The summed E-state index contributed by atoms with van der Waals surface area (Å²) in [7, 11) is 0. The van der Waals surface area contributed by atoms with E-state index in [-0.39, 0.29) is 11.2 Å². The lowest BCUT2D eigenvalue weighted by molar-refractivity contribution is -0.114. The topological polar surface area (TPSA) is 53.8 Å². The first-order valence-corrected chi connectivity index (χ1v) is 9.08. The van der Waals surface area contributed by atoms with Crippen molar-refractivity contribution in [1.82, 2.24) is 4.98 Å². The number of nitrogens with one attached hydrogen (secondary N) is 1. The summed E-state index contributed by atoms with van der Waals surface area (Å²) in [5.41, 5.74) is 2.36. The second-order valence-corrected chi connectivity index (χ2v) is 8.52. The van der Waals surface area contributed by atoms with E-state index in [0.29, 0.717) is 15.0 Å². The number of allylic oxidation sites excluding steroid dienone is 1. The number of hydrogen-bond donors (Lipinski definition) is 1. The molecule has 0 amide bonds. The molecule has 3 nitrogen and oxygen atoms in total. The van der Waals surface area contributed by atoms with Crippen LogP contribution in [0.25, 0.3) is 6.08 Å². The number of thioether (sulfide) groups is 1. The Balaban J connectivity index is 1.86. The fourth-order valence-electron chi connectivity index (χ4n) is 2.42. The third kappa shape index (κ3) is 3.31. The number of nitrogens with zero attached hydrogens (tertiary/aromatic N) is 1. The van der Waals surface area contributed by atoms with Gasteiger partial charge in [-0.3, -0.25) is 10.2 Å². The quantitative estimate of drug-likeness (QED) is 0.793. The third-order valence-corrected chi connectivity index (χ3v) is 5.59. The zero-order valence-electron chi connectivity index (χ0n) is 13.3. The Morgan fingerprint density at radius 1 is 1.22 bits per heavy atom. The highest BCUT2D eigenvalue weighted by Gasteiger charge is 2.38. The molecule has 1 aromatic carbocycles. The van der Waals surface area contributed by atoms with E-state index in [1.54, 1.807) is 6.20 Å². The Labute approximate surface area is 144 Å². The first-order valence-electron chi connectivity index (χ1n) is 7.38. The number of carbonyl (C=O) groups excluding carboxylic acids is 1. The van der Waals surface area contributed by atoms with Gasteiger partial charge in [-0.15, -0.1) is 11.3 Å². The normalized spacial score (nSPS) is 20.5. The minimum Gasteiger partial charge on any atom is -0.297 e. The number of benzene rings is 1. The summed E-state index contributed by atoms with van der Waals surface area (Å²) in [6, 6.07) is 8.25. The van der Waals surface area contributed by atoms with Gasteiger partial charge in [0.1, 0.15) is 10.9 Å². The fourth-order valence-corrected chi connectivity index (χ4v) is 4.23. The highest BCUT2D eigenvalue weighted by Crippen LogP contribution is 2.41. The smallest absolute Gasteiger partial charge is 0.186 e. The van der Waals surface area contributed by atoms with E-state index in [0.717, 1.165) is 5.56 Å². The van der Waals surface area contributed by atoms with Crippen molar-refractivity contribution in [2.75, 3.05) is 0 Å². The van der Waals surface area contributed by atoms with Gasteiger partial charge in [-0.05, 0) is 22.6 Å². The molecule has 1 fully saturated rings. The number of rotatable bonds is 2. The van der Waals surface area contributed by atoms with Gasteiger partial charge in [-0.25, -0.2) is 4.98 Å². The standard InChI is InChI=1S/C18H18N2OS2/c1-18(2,3)12-6-4-11(5-7-12)10-13-15(21)14(16(19)23-13)17-20-8-9-22-17/h4-10,14,19H,1-3H3/b13-10-,19-16?/t14-/m0/s1. The highest BCUT2D eigenvalue weighted by atomic mass is 32.2. The SMILES string of the molecule is CC(C)(C)c1ccc(/C=C2\SC(=N)[C@@H](c3nccs3)C2=O)cc1. The van der Waals surface area contributed by atoms with Crippen LogP contribution >= 0.6 is 23.1 Å². The first-order chi connectivity index (χ1) is 10.9. The Morgan fingerprint density at radius 2 is 1.91 bits per heavy atom. The maximum atomic E-state index is 12.6. The van der Waals surface area contributed by atoms with E-state index >= 15 is 0 Å². The molecule has 1 N–H and O–H groups in total. The zero-order chi connectivity index (χ0) is 16.6. The summed E-state index contributed by atoms with van der Waals surface area (Å²) in [4.78, 5) is 17.4. The van der Waals surface area contributed by atoms with Gasteiger partial charge in [0, 0.05) is 11.6 Å². The van der Waals surface area contributed by atoms with E-state index < -0.39 is 5.92 Å². The van der Waals surface area contributed by atoms with Crippen LogP contribution in [0.15, 0.2) is 40.7 Å². The maximum Gasteiger partial charge on any atom is 0.186 e. The zero-order valence-corrected chi connectivity index (χ0v) is 14.9. The largest absolute Gasteiger partial charge is 0.297 e. The average molecular weight is 342 g/mol. The Morgan fingerprint density at radius 3 is 2.48 bits per heavy atom. The Bertz CT molecular complexity index is 768. The third-order valence-electron chi connectivity index (χ3n) is 3.76. The van der Waals surface area contributed by atoms with Gasteiger partial charge >= 0.3 is 0 Å². The summed E-state index contributed by atoms with van der Waals surface area (Å²) >= 11 is 2.67. The van der Waals surface area contributed by atoms with Crippen LogP contribution in [0, 0.1) is 5.41 Å². The molecule has 2 heterocycles. The van der Waals surface area contributed by atoms with Crippen molar-refractivity contribution in [1.29, 1.82) is 5.41 Å². The molecule has 0 unspecified atom stereocenters. The van der Waals surface area contributed by atoms with Crippen molar-refractivity contribution in [3.05, 3.63) is 56.9 Å². The molecule has 1 aliphatic rings. The molecule has 1 aliphatic heterocycles. The molecule has 1 atom stereocenters. The van der Waals surface area contributed by atoms with E-state index in [9.17, 15) is 4.79 Å². The Kier molecular flexibility index (Phi) is 4.25. The lowest BCUT2D eigenvalue weighted by Gasteiger charge is -2.18. The molecule has 3 rings (SSSR count). The number of carbonyl (C=O) groups is 1. The van der Waals surface area contributed by atoms with Gasteiger partial charge in [0.05, 0.1) is 9.95 Å². The molecule has 0 saturated carbocycles. The summed E-state index contributed by atoms with van der Waals surface area (Å²) in [6.07, 6.45) is 3.56. The molecule has 0 radical (unpaired) electrons. The molecule has 0 aliphatic carbocycles. The molecule has 1 saturated heterocycles.